The van der Waals surface area contributed by atoms with E-state index in [-0.39, 0.29) is 23.2 Å². The summed E-state index contributed by atoms with van der Waals surface area (Å²) in [4.78, 5) is 39.2. The van der Waals surface area contributed by atoms with E-state index in [1.54, 1.807) is 24.3 Å². The van der Waals surface area contributed by atoms with Crippen molar-refractivity contribution in [2.24, 2.45) is 0 Å². The molecule has 0 bridgehead atoms. The Morgan fingerprint density at radius 1 is 0.882 bits per heavy atom. The van der Waals surface area contributed by atoms with Crippen molar-refractivity contribution >= 4 is 40.7 Å². The van der Waals surface area contributed by atoms with Crippen LogP contribution >= 0.6 is 11.6 Å². The summed E-state index contributed by atoms with van der Waals surface area (Å²) in [6.45, 7) is 6.07. The molecule has 1 aliphatic rings. The number of halogens is 1. The van der Waals surface area contributed by atoms with Gasteiger partial charge in [-0.2, -0.15) is 0 Å². The Morgan fingerprint density at radius 2 is 1.50 bits per heavy atom. The number of nitrogens with one attached hydrogen (secondary N) is 2. The Bertz CT molecular complexity index is 1290. The van der Waals surface area contributed by atoms with Crippen LogP contribution in [0.25, 0.3) is 0 Å². The molecule has 1 heterocycles. The molecular formula is C27H24ClN3O3. The second kappa shape index (κ2) is 9.53. The predicted molar refractivity (Wildman–Crippen MR) is 134 cm³/mol. The van der Waals surface area contributed by atoms with Crippen molar-refractivity contribution in [1.82, 2.24) is 4.90 Å². The molecule has 3 aromatic rings. The van der Waals surface area contributed by atoms with Crippen LogP contribution in [0.2, 0.25) is 0 Å². The minimum absolute atomic E-state index is 0.0192. The minimum Gasteiger partial charge on any atom is -0.350 e. The van der Waals surface area contributed by atoms with Crippen LogP contribution in [0.1, 0.15) is 32.6 Å². The summed E-state index contributed by atoms with van der Waals surface area (Å²) in [5.74, 6) is -1.27. The Hall–Kier alpha value is -3.90. The number of anilines is 2. The summed E-state index contributed by atoms with van der Waals surface area (Å²) < 4.78 is 0. The maximum absolute atomic E-state index is 12.8. The third kappa shape index (κ3) is 4.72. The molecule has 34 heavy (non-hydrogen) atoms. The van der Waals surface area contributed by atoms with Gasteiger partial charge in [0.15, 0.2) is 0 Å². The van der Waals surface area contributed by atoms with Crippen LogP contribution in [0.3, 0.4) is 0 Å². The van der Waals surface area contributed by atoms with Gasteiger partial charge in [0.2, 0.25) is 0 Å². The van der Waals surface area contributed by atoms with Gasteiger partial charge in [-0.15, -0.1) is 0 Å². The van der Waals surface area contributed by atoms with Gasteiger partial charge in [0.1, 0.15) is 10.7 Å². The quantitative estimate of drug-likeness (QED) is 0.476. The molecule has 6 nitrogen and oxygen atoms in total. The Balaban J connectivity index is 1.46. The van der Waals surface area contributed by atoms with Gasteiger partial charge in [-0.25, -0.2) is 0 Å². The molecule has 0 saturated heterocycles. The van der Waals surface area contributed by atoms with Crippen LogP contribution < -0.4 is 10.6 Å². The number of aryl methyl sites for hydroxylation is 3. The number of hydrogen-bond donors (Lipinski definition) is 2. The molecule has 0 saturated carbocycles. The monoisotopic (exact) mass is 473 g/mol. The van der Waals surface area contributed by atoms with Crippen molar-refractivity contribution < 1.29 is 14.4 Å². The fourth-order valence-electron chi connectivity index (χ4n) is 3.98. The van der Waals surface area contributed by atoms with Gasteiger partial charge in [0, 0.05) is 16.9 Å². The van der Waals surface area contributed by atoms with E-state index in [0.717, 1.165) is 32.8 Å². The van der Waals surface area contributed by atoms with Crippen molar-refractivity contribution in [3.8, 4) is 0 Å². The molecule has 0 fully saturated rings. The highest BCUT2D eigenvalue weighted by molar-refractivity contribution is 6.48. The number of hydrogen-bond acceptors (Lipinski definition) is 4. The molecule has 0 aromatic heterocycles. The summed E-state index contributed by atoms with van der Waals surface area (Å²) in [6.07, 6.45) is 0. The van der Waals surface area contributed by atoms with Crippen molar-refractivity contribution in [3.63, 3.8) is 0 Å². The third-order valence-corrected chi connectivity index (χ3v) is 5.98. The van der Waals surface area contributed by atoms with E-state index in [0.29, 0.717) is 11.3 Å². The van der Waals surface area contributed by atoms with E-state index in [1.807, 2.05) is 63.2 Å². The molecule has 4 rings (SSSR count). The number of imide groups is 1. The molecule has 0 atom stereocenters. The normalized spacial score (nSPS) is 13.5. The van der Waals surface area contributed by atoms with Crippen LogP contribution in [0.15, 0.2) is 77.5 Å². The first-order valence-corrected chi connectivity index (χ1v) is 11.2. The fraction of sp³-hybridized carbons (Fsp3) is 0.148. The minimum atomic E-state index is -0.544. The molecule has 0 unspecified atom stereocenters. The largest absolute Gasteiger partial charge is 0.350 e. The zero-order chi connectivity index (χ0) is 24.4. The number of amides is 3. The van der Waals surface area contributed by atoms with Crippen LogP contribution in [0.5, 0.6) is 0 Å². The molecule has 172 valence electrons. The molecular weight excluding hydrogens is 450 g/mol. The van der Waals surface area contributed by atoms with E-state index in [9.17, 15) is 14.4 Å². The van der Waals surface area contributed by atoms with Gasteiger partial charge in [0.25, 0.3) is 17.7 Å². The lowest BCUT2D eigenvalue weighted by atomic mass is 10.0. The molecule has 0 spiro atoms. The lowest BCUT2D eigenvalue weighted by Gasteiger charge is -2.15. The highest BCUT2D eigenvalue weighted by Crippen LogP contribution is 2.27. The average Bonchev–Trinajstić information content (AvgIpc) is 3.01. The van der Waals surface area contributed by atoms with E-state index in [2.05, 4.69) is 10.6 Å². The van der Waals surface area contributed by atoms with Gasteiger partial charge in [-0.1, -0.05) is 59.6 Å². The number of carbonyl (C=O) groups is 3. The predicted octanol–water partition coefficient (Wildman–Crippen LogP) is 5.30. The van der Waals surface area contributed by atoms with Gasteiger partial charge < -0.3 is 10.6 Å². The topological polar surface area (TPSA) is 78.5 Å². The summed E-state index contributed by atoms with van der Waals surface area (Å²) >= 11 is 6.19. The van der Waals surface area contributed by atoms with E-state index < -0.39 is 11.8 Å². The fourth-order valence-corrected chi connectivity index (χ4v) is 4.21. The third-order valence-electron chi connectivity index (χ3n) is 5.63. The van der Waals surface area contributed by atoms with Crippen molar-refractivity contribution in [3.05, 3.63) is 105 Å². The summed E-state index contributed by atoms with van der Waals surface area (Å²) in [5.41, 5.74) is 5.77. The molecule has 2 N–H and O–H groups in total. The molecule has 3 aromatic carbocycles. The maximum Gasteiger partial charge on any atom is 0.279 e. The SMILES string of the molecule is Cc1cc(C)c(NC(=O)c2ccc(NC3=C(Cl)C(=O)N(Cc4ccccc4)C3=O)cc2)c(C)c1. The molecule has 7 heteroatoms. The van der Waals surface area contributed by atoms with Gasteiger partial charge in [-0.3, -0.25) is 19.3 Å². The molecule has 1 aliphatic heterocycles. The zero-order valence-corrected chi connectivity index (χ0v) is 19.9. The van der Waals surface area contributed by atoms with E-state index >= 15 is 0 Å². The van der Waals surface area contributed by atoms with Gasteiger partial charge in [-0.05, 0) is 61.7 Å². The first-order chi connectivity index (χ1) is 16.2. The molecule has 3 amide bonds. The van der Waals surface area contributed by atoms with Gasteiger partial charge in [0.05, 0.1) is 6.54 Å². The van der Waals surface area contributed by atoms with Crippen molar-refractivity contribution in [1.29, 1.82) is 0 Å². The Labute approximate surface area is 203 Å². The smallest absolute Gasteiger partial charge is 0.279 e. The van der Waals surface area contributed by atoms with E-state index in [1.165, 1.54) is 0 Å². The van der Waals surface area contributed by atoms with Crippen LogP contribution in [0, 0.1) is 20.8 Å². The lowest BCUT2D eigenvalue weighted by Crippen LogP contribution is -2.31. The number of rotatable bonds is 6. The second-order valence-electron chi connectivity index (χ2n) is 8.30. The second-order valence-corrected chi connectivity index (χ2v) is 8.68. The lowest BCUT2D eigenvalue weighted by molar-refractivity contribution is -0.138. The number of carbonyl (C=O) groups excluding carboxylic acids is 3. The number of nitrogens with zero attached hydrogens (tertiary/aromatic N) is 1. The average molecular weight is 474 g/mol. The van der Waals surface area contributed by atoms with Crippen LogP contribution in [0.4, 0.5) is 11.4 Å². The van der Waals surface area contributed by atoms with Gasteiger partial charge >= 0.3 is 0 Å². The van der Waals surface area contributed by atoms with Crippen molar-refractivity contribution in [2.45, 2.75) is 27.3 Å². The zero-order valence-electron chi connectivity index (χ0n) is 19.1. The first kappa shape index (κ1) is 23.3. The van der Waals surface area contributed by atoms with Crippen LogP contribution in [-0.4, -0.2) is 22.6 Å². The summed E-state index contributed by atoms with van der Waals surface area (Å²) in [6, 6.07) is 19.9. The Kier molecular flexibility index (Phi) is 6.52. The van der Waals surface area contributed by atoms with Crippen molar-refractivity contribution in [2.75, 3.05) is 10.6 Å². The molecule has 0 radical (unpaired) electrons. The van der Waals surface area contributed by atoms with E-state index in [4.69, 9.17) is 11.6 Å². The highest BCUT2D eigenvalue weighted by atomic mass is 35.5. The maximum atomic E-state index is 12.8. The summed E-state index contributed by atoms with van der Waals surface area (Å²) in [5, 5.41) is 5.74. The Morgan fingerprint density at radius 3 is 2.12 bits per heavy atom. The highest BCUT2D eigenvalue weighted by Gasteiger charge is 2.37. The standard InChI is InChI=1S/C27H24ClN3O3/c1-16-13-17(2)23(18(3)14-16)30-25(32)20-9-11-21(12-10-20)29-24-22(28)26(33)31(27(24)34)15-19-7-5-4-6-8-19/h4-14,29H,15H2,1-3H3,(H,30,32). The molecule has 0 aliphatic carbocycles. The van der Waals surface area contributed by atoms with Crippen LogP contribution in [-0.2, 0) is 16.1 Å². The number of benzene rings is 3. The summed E-state index contributed by atoms with van der Waals surface area (Å²) in [7, 11) is 0. The first-order valence-electron chi connectivity index (χ1n) is 10.8.